The van der Waals surface area contributed by atoms with Gasteiger partial charge in [0.05, 0.1) is 5.69 Å². The van der Waals surface area contributed by atoms with Crippen molar-refractivity contribution in [3.8, 4) is 11.3 Å². The molecule has 1 aromatic carbocycles. The van der Waals surface area contributed by atoms with Crippen molar-refractivity contribution in [3.05, 3.63) is 36.5 Å². The number of nitrogens with one attached hydrogen (secondary N) is 2. The highest BCUT2D eigenvalue weighted by atomic mass is 16.1. The number of aromatic amines is 1. The molecule has 0 aliphatic heterocycles. The van der Waals surface area contributed by atoms with E-state index in [4.69, 9.17) is 0 Å². The summed E-state index contributed by atoms with van der Waals surface area (Å²) in [7, 11) is 0. The van der Waals surface area contributed by atoms with E-state index < -0.39 is 0 Å². The molecule has 1 amide bonds. The molecule has 0 saturated heterocycles. The topological polar surface area (TPSA) is 57.8 Å². The van der Waals surface area contributed by atoms with Crippen LogP contribution in [-0.2, 0) is 4.79 Å². The van der Waals surface area contributed by atoms with Crippen LogP contribution >= 0.6 is 0 Å². The van der Waals surface area contributed by atoms with Crippen LogP contribution in [0, 0.1) is 5.92 Å². The predicted octanol–water partition coefficient (Wildman–Crippen LogP) is 4.38. The Hall–Kier alpha value is -2.10. The largest absolute Gasteiger partial charge is 0.326 e. The van der Waals surface area contributed by atoms with Gasteiger partial charge in [0.25, 0.3) is 0 Å². The van der Waals surface area contributed by atoms with Crippen molar-refractivity contribution in [2.45, 2.75) is 44.9 Å². The molecule has 0 bridgehead atoms. The third-order valence-electron chi connectivity index (χ3n) is 4.46. The lowest BCUT2D eigenvalue weighted by atomic mass is 9.86. The fraction of sp³-hybridized carbons (Fsp3) is 0.444. The molecule has 1 fully saturated rings. The molecule has 0 atom stereocenters. The average molecular weight is 297 g/mol. The quantitative estimate of drug-likeness (QED) is 0.860. The number of carbonyl (C=O) groups excluding carboxylic acids is 1. The van der Waals surface area contributed by atoms with Crippen LogP contribution in [0.15, 0.2) is 36.5 Å². The van der Waals surface area contributed by atoms with Gasteiger partial charge in [-0.3, -0.25) is 9.89 Å². The first-order valence-electron chi connectivity index (χ1n) is 8.21. The molecule has 0 unspecified atom stereocenters. The van der Waals surface area contributed by atoms with E-state index >= 15 is 0 Å². The van der Waals surface area contributed by atoms with Gasteiger partial charge in [-0.1, -0.05) is 44.2 Å². The van der Waals surface area contributed by atoms with Crippen molar-refractivity contribution in [3.63, 3.8) is 0 Å². The van der Waals surface area contributed by atoms with E-state index in [-0.39, 0.29) is 5.91 Å². The van der Waals surface area contributed by atoms with E-state index in [1.165, 1.54) is 32.1 Å². The fourth-order valence-corrected chi connectivity index (χ4v) is 3.22. The Kier molecular flexibility index (Phi) is 4.88. The van der Waals surface area contributed by atoms with Gasteiger partial charge in [0.1, 0.15) is 0 Å². The van der Waals surface area contributed by atoms with Crippen molar-refractivity contribution >= 4 is 11.6 Å². The number of rotatable bonds is 5. The molecule has 4 nitrogen and oxygen atoms in total. The standard InChI is InChI=1S/C18H23N3O/c22-18(10-9-14-5-2-1-3-6-14)20-16-8-4-7-15(13-16)17-11-12-19-21-17/h4,7-8,11-14H,1-3,5-6,9-10H2,(H,19,21)(H,20,22). The van der Waals surface area contributed by atoms with Crippen LogP contribution in [0.1, 0.15) is 44.9 Å². The first-order chi connectivity index (χ1) is 10.8. The lowest BCUT2D eigenvalue weighted by molar-refractivity contribution is -0.116. The average Bonchev–Trinajstić information content (AvgIpc) is 3.09. The molecule has 3 rings (SSSR count). The molecule has 1 aliphatic rings. The van der Waals surface area contributed by atoms with Gasteiger partial charge in [0.15, 0.2) is 0 Å². The summed E-state index contributed by atoms with van der Waals surface area (Å²) in [5.41, 5.74) is 2.83. The van der Waals surface area contributed by atoms with E-state index in [2.05, 4.69) is 15.5 Å². The SMILES string of the molecule is O=C(CCC1CCCCC1)Nc1cccc(-c2ccn[nH]2)c1. The summed E-state index contributed by atoms with van der Waals surface area (Å²) in [5.74, 6) is 0.864. The van der Waals surface area contributed by atoms with Crippen LogP contribution in [0.25, 0.3) is 11.3 Å². The summed E-state index contributed by atoms with van der Waals surface area (Å²) in [6, 6.07) is 9.78. The molecule has 1 aliphatic carbocycles. The van der Waals surface area contributed by atoms with Crippen LogP contribution in [0.4, 0.5) is 5.69 Å². The minimum Gasteiger partial charge on any atom is -0.326 e. The van der Waals surface area contributed by atoms with Gasteiger partial charge in [-0.05, 0) is 30.5 Å². The molecular formula is C18H23N3O. The number of carbonyl (C=O) groups is 1. The summed E-state index contributed by atoms with van der Waals surface area (Å²) in [6.45, 7) is 0. The highest BCUT2D eigenvalue weighted by Crippen LogP contribution is 2.27. The maximum atomic E-state index is 12.1. The number of benzene rings is 1. The maximum absolute atomic E-state index is 12.1. The minimum absolute atomic E-state index is 0.118. The first kappa shape index (κ1) is 14.8. The molecule has 4 heteroatoms. The van der Waals surface area contributed by atoms with Crippen LogP contribution in [0.5, 0.6) is 0 Å². The predicted molar refractivity (Wildman–Crippen MR) is 88.5 cm³/mol. The zero-order chi connectivity index (χ0) is 15.2. The summed E-state index contributed by atoms with van der Waals surface area (Å²) in [5, 5.41) is 9.91. The minimum atomic E-state index is 0.118. The van der Waals surface area contributed by atoms with Crippen LogP contribution in [0.3, 0.4) is 0 Å². The Labute approximate surface area is 131 Å². The van der Waals surface area contributed by atoms with Gasteiger partial charge in [-0.25, -0.2) is 0 Å². The third kappa shape index (κ3) is 3.97. The number of H-pyrrole nitrogens is 1. The summed E-state index contributed by atoms with van der Waals surface area (Å²) < 4.78 is 0. The molecule has 116 valence electrons. The molecular weight excluding hydrogens is 274 g/mol. The lowest BCUT2D eigenvalue weighted by Gasteiger charge is -2.21. The van der Waals surface area contributed by atoms with Gasteiger partial charge in [-0.2, -0.15) is 5.10 Å². The Morgan fingerprint density at radius 3 is 2.86 bits per heavy atom. The second-order valence-electron chi connectivity index (χ2n) is 6.14. The zero-order valence-corrected chi connectivity index (χ0v) is 12.8. The molecule has 22 heavy (non-hydrogen) atoms. The second kappa shape index (κ2) is 7.25. The Morgan fingerprint density at radius 1 is 1.23 bits per heavy atom. The number of amides is 1. The second-order valence-corrected chi connectivity index (χ2v) is 6.14. The van der Waals surface area contributed by atoms with Crippen molar-refractivity contribution < 1.29 is 4.79 Å². The van der Waals surface area contributed by atoms with Crippen molar-refractivity contribution in [2.75, 3.05) is 5.32 Å². The van der Waals surface area contributed by atoms with E-state index in [0.717, 1.165) is 29.3 Å². The van der Waals surface area contributed by atoms with Crippen molar-refractivity contribution in [2.24, 2.45) is 5.92 Å². The van der Waals surface area contributed by atoms with Crippen molar-refractivity contribution in [1.82, 2.24) is 10.2 Å². The first-order valence-corrected chi connectivity index (χ1v) is 8.21. The molecule has 2 N–H and O–H groups in total. The highest BCUT2D eigenvalue weighted by molar-refractivity contribution is 5.91. The molecule has 1 saturated carbocycles. The summed E-state index contributed by atoms with van der Waals surface area (Å²) in [4.78, 5) is 12.1. The Balaban J connectivity index is 1.54. The number of anilines is 1. The third-order valence-corrected chi connectivity index (χ3v) is 4.46. The lowest BCUT2D eigenvalue weighted by Crippen LogP contribution is -2.14. The Bertz CT molecular complexity index is 601. The Morgan fingerprint density at radius 2 is 2.09 bits per heavy atom. The van der Waals surface area contributed by atoms with Crippen LogP contribution in [0.2, 0.25) is 0 Å². The fourth-order valence-electron chi connectivity index (χ4n) is 3.22. The van der Waals surface area contributed by atoms with Gasteiger partial charge in [0.2, 0.25) is 5.91 Å². The number of aromatic nitrogens is 2. The van der Waals surface area contributed by atoms with Crippen LogP contribution < -0.4 is 5.32 Å². The summed E-state index contributed by atoms with van der Waals surface area (Å²) in [6.07, 6.45) is 9.99. The number of hydrogen-bond donors (Lipinski definition) is 2. The summed E-state index contributed by atoms with van der Waals surface area (Å²) >= 11 is 0. The maximum Gasteiger partial charge on any atom is 0.224 e. The number of hydrogen-bond acceptors (Lipinski definition) is 2. The zero-order valence-electron chi connectivity index (χ0n) is 12.8. The highest BCUT2D eigenvalue weighted by Gasteiger charge is 2.15. The smallest absolute Gasteiger partial charge is 0.224 e. The van der Waals surface area contributed by atoms with Crippen LogP contribution in [-0.4, -0.2) is 16.1 Å². The molecule has 1 heterocycles. The van der Waals surface area contributed by atoms with E-state index in [1.807, 2.05) is 30.3 Å². The molecule has 2 aromatic rings. The molecule has 1 aromatic heterocycles. The molecule has 0 spiro atoms. The van der Waals surface area contributed by atoms with Crippen molar-refractivity contribution in [1.29, 1.82) is 0 Å². The number of nitrogens with zero attached hydrogens (tertiary/aromatic N) is 1. The van der Waals surface area contributed by atoms with Gasteiger partial charge in [-0.15, -0.1) is 0 Å². The normalized spacial score (nSPS) is 15.6. The van der Waals surface area contributed by atoms with Gasteiger partial charge in [0, 0.05) is 23.9 Å². The van der Waals surface area contributed by atoms with Gasteiger partial charge < -0.3 is 5.32 Å². The molecule has 0 radical (unpaired) electrons. The van der Waals surface area contributed by atoms with E-state index in [0.29, 0.717) is 6.42 Å². The van der Waals surface area contributed by atoms with Gasteiger partial charge >= 0.3 is 0 Å². The van der Waals surface area contributed by atoms with E-state index in [1.54, 1.807) is 6.20 Å². The monoisotopic (exact) mass is 297 g/mol. The van der Waals surface area contributed by atoms with E-state index in [9.17, 15) is 4.79 Å².